The number of rotatable bonds is 5. The highest BCUT2D eigenvalue weighted by Crippen LogP contribution is 2.45. The molecule has 2 aliphatic rings. The molecule has 104 valence electrons. The highest BCUT2D eigenvalue weighted by molar-refractivity contribution is 6.32. The van der Waals surface area contributed by atoms with Crippen molar-refractivity contribution in [3.63, 3.8) is 0 Å². The van der Waals surface area contributed by atoms with Gasteiger partial charge in [0.05, 0.1) is 6.20 Å². The molecule has 0 aromatic carbocycles. The number of nitrogens with zero attached hydrogens (tertiary/aromatic N) is 2. The molecule has 4 nitrogen and oxygen atoms in total. The first-order valence-electron chi connectivity index (χ1n) is 7.29. The topological polar surface area (TPSA) is 49.8 Å². The second-order valence-electron chi connectivity index (χ2n) is 5.74. The minimum absolute atomic E-state index is 0.546. The van der Waals surface area contributed by atoms with Crippen LogP contribution in [0, 0.1) is 11.8 Å². The van der Waals surface area contributed by atoms with Crippen LogP contribution in [0.3, 0.4) is 0 Å². The quantitative estimate of drug-likeness (QED) is 0.866. The molecule has 3 rings (SSSR count). The van der Waals surface area contributed by atoms with Crippen molar-refractivity contribution in [3.8, 4) is 0 Å². The molecule has 1 aromatic heterocycles. The summed E-state index contributed by atoms with van der Waals surface area (Å²) in [5, 5.41) is 7.35. The molecule has 0 saturated heterocycles. The zero-order valence-corrected chi connectivity index (χ0v) is 12.1. The summed E-state index contributed by atoms with van der Waals surface area (Å²) in [6.07, 6.45) is 8.14. The molecule has 5 heteroatoms. The smallest absolute Gasteiger partial charge is 0.224 e. The number of fused-ring (bicyclic) bond motifs is 2. The molecule has 2 fully saturated rings. The lowest BCUT2D eigenvalue weighted by Gasteiger charge is -2.24. The predicted molar refractivity (Wildman–Crippen MR) is 78.7 cm³/mol. The molecule has 0 spiro atoms. The van der Waals surface area contributed by atoms with Crippen molar-refractivity contribution in [1.29, 1.82) is 0 Å². The minimum Gasteiger partial charge on any atom is -0.366 e. The van der Waals surface area contributed by atoms with Crippen LogP contribution in [0.4, 0.5) is 11.8 Å². The van der Waals surface area contributed by atoms with Crippen molar-refractivity contribution in [2.45, 2.75) is 45.1 Å². The van der Waals surface area contributed by atoms with Gasteiger partial charge in [-0.05, 0) is 37.5 Å². The third-order valence-corrected chi connectivity index (χ3v) is 4.61. The van der Waals surface area contributed by atoms with E-state index >= 15 is 0 Å². The first-order valence-corrected chi connectivity index (χ1v) is 7.67. The van der Waals surface area contributed by atoms with Crippen molar-refractivity contribution >= 4 is 23.4 Å². The lowest BCUT2D eigenvalue weighted by Crippen LogP contribution is -2.26. The van der Waals surface area contributed by atoms with Gasteiger partial charge in [0.15, 0.2) is 5.82 Å². The van der Waals surface area contributed by atoms with Gasteiger partial charge in [-0.2, -0.15) is 4.98 Å². The fourth-order valence-electron chi connectivity index (χ4n) is 3.39. The van der Waals surface area contributed by atoms with Crippen LogP contribution in [0.25, 0.3) is 0 Å². The fourth-order valence-corrected chi connectivity index (χ4v) is 3.53. The van der Waals surface area contributed by atoms with E-state index in [2.05, 4.69) is 27.5 Å². The monoisotopic (exact) mass is 280 g/mol. The van der Waals surface area contributed by atoms with Crippen LogP contribution in [-0.2, 0) is 0 Å². The third kappa shape index (κ3) is 2.78. The Balaban J connectivity index is 1.69. The molecule has 2 aliphatic carbocycles. The van der Waals surface area contributed by atoms with E-state index < -0.39 is 0 Å². The van der Waals surface area contributed by atoms with Crippen molar-refractivity contribution in [1.82, 2.24) is 9.97 Å². The maximum atomic E-state index is 6.20. The third-order valence-electron chi connectivity index (χ3n) is 4.34. The van der Waals surface area contributed by atoms with Crippen LogP contribution >= 0.6 is 11.6 Å². The first-order chi connectivity index (χ1) is 9.26. The Kier molecular flexibility index (Phi) is 3.78. The van der Waals surface area contributed by atoms with Gasteiger partial charge in [0.2, 0.25) is 5.95 Å². The van der Waals surface area contributed by atoms with Gasteiger partial charge >= 0.3 is 0 Å². The predicted octanol–water partition coefficient (Wildman–Crippen LogP) is 3.55. The summed E-state index contributed by atoms with van der Waals surface area (Å²) in [5.74, 6) is 3.17. The van der Waals surface area contributed by atoms with E-state index in [-0.39, 0.29) is 0 Å². The second kappa shape index (κ2) is 5.53. The number of hydrogen-bond donors (Lipinski definition) is 2. The normalized spacial score (nSPS) is 28.6. The van der Waals surface area contributed by atoms with Crippen LogP contribution in [0.1, 0.15) is 39.0 Å². The van der Waals surface area contributed by atoms with E-state index in [0.29, 0.717) is 17.0 Å². The molecule has 0 amide bonds. The molecule has 1 heterocycles. The molecule has 1 aromatic rings. The summed E-state index contributed by atoms with van der Waals surface area (Å²) in [6, 6.07) is 0.546. The number of nitrogens with one attached hydrogen (secondary N) is 2. The average molecular weight is 281 g/mol. The van der Waals surface area contributed by atoms with E-state index in [0.717, 1.165) is 30.6 Å². The zero-order chi connectivity index (χ0) is 13.2. The van der Waals surface area contributed by atoms with Gasteiger partial charge in [-0.15, -0.1) is 0 Å². The van der Waals surface area contributed by atoms with Crippen molar-refractivity contribution in [2.75, 3.05) is 17.2 Å². The fraction of sp³-hybridized carbons (Fsp3) is 0.714. The van der Waals surface area contributed by atoms with Gasteiger partial charge in [0.1, 0.15) is 5.02 Å². The Bertz CT molecular complexity index is 451. The maximum Gasteiger partial charge on any atom is 0.224 e. The lowest BCUT2D eigenvalue weighted by atomic mass is 9.95. The Morgan fingerprint density at radius 3 is 2.95 bits per heavy atom. The van der Waals surface area contributed by atoms with E-state index in [1.54, 1.807) is 6.20 Å². The van der Waals surface area contributed by atoms with Crippen molar-refractivity contribution < 1.29 is 0 Å². The Morgan fingerprint density at radius 2 is 2.26 bits per heavy atom. The van der Waals surface area contributed by atoms with E-state index in [4.69, 9.17) is 11.6 Å². The largest absolute Gasteiger partial charge is 0.366 e. The van der Waals surface area contributed by atoms with E-state index in [1.165, 1.54) is 25.7 Å². The second-order valence-corrected chi connectivity index (χ2v) is 6.15. The SMILES string of the molecule is CCCNc1ncc(Cl)c(NC2CC3CCC2C3)n1. The zero-order valence-electron chi connectivity index (χ0n) is 11.3. The molecule has 3 unspecified atom stereocenters. The Labute approximate surface area is 119 Å². The number of anilines is 2. The lowest BCUT2D eigenvalue weighted by molar-refractivity contribution is 0.439. The molecule has 2 N–H and O–H groups in total. The minimum atomic E-state index is 0.546. The molecule has 0 radical (unpaired) electrons. The summed E-state index contributed by atoms with van der Waals surface area (Å²) in [4.78, 5) is 8.70. The Hall–Kier alpha value is -1.03. The van der Waals surface area contributed by atoms with Gasteiger partial charge < -0.3 is 10.6 Å². The molecule has 19 heavy (non-hydrogen) atoms. The van der Waals surface area contributed by atoms with E-state index in [9.17, 15) is 0 Å². The first kappa shape index (κ1) is 13.0. The molecular weight excluding hydrogens is 260 g/mol. The van der Waals surface area contributed by atoms with Crippen molar-refractivity contribution in [3.05, 3.63) is 11.2 Å². The maximum absolute atomic E-state index is 6.20. The average Bonchev–Trinajstić information content (AvgIpc) is 3.02. The van der Waals surface area contributed by atoms with E-state index in [1.807, 2.05) is 0 Å². The number of hydrogen-bond acceptors (Lipinski definition) is 4. The summed E-state index contributed by atoms with van der Waals surface area (Å²) in [5.41, 5.74) is 0. The van der Waals surface area contributed by atoms with Gasteiger partial charge in [-0.1, -0.05) is 24.9 Å². The summed E-state index contributed by atoms with van der Waals surface area (Å²) in [6.45, 7) is 3.01. The number of halogens is 1. The molecule has 3 atom stereocenters. The van der Waals surface area contributed by atoms with Crippen LogP contribution < -0.4 is 10.6 Å². The van der Waals surface area contributed by atoms with Crippen LogP contribution in [-0.4, -0.2) is 22.6 Å². The standard InChI is InChI=1S/C14H21ClN4/c1-2-5-16-14-17-8-11(15)13(19-14)18-12-7-9-3-4-10(12)6-9/h8-10,12H,2-7H2,1H3,(H2,16,17,18,19). The van der Waals surface area contributed by atoms with Crippen LogP contribution in [0.15, 0.2) is 6.20 Å². The molecular formula is C14H21ClN4. The van der Waals surface area contributed by atoms with Crippen LogP contribution in [0.2, 0.25) is 5.02 Å². The van der Waals surface area contributed by atoms with Gasteiger partial charge in [0.25, 0.3) is 0 Å². The summed E-state index contributed by atoms with van der Waals surface area (Å²) >= 11 is 6.20. The van der Waals surface area contributed by atoms with Crippen LogP contribution in [0.5, 0.6) is 0 Å². The number of aromatic nitrogens is 2. The summed E-state index contributed by atoms with van der Waals surface area (Å²) in [7, 11) is 0. The molecule has 2 bridgehead atoms. The summed E-state index contributed by atoms with van der Waals surface area (Å²) < 4.78 is 0. The Morgan fingerprint density at radius 1 is 1.37 bits per heavy atom. The highest BCUT2D eigenvalue weighted by Gasteiger charge is 2.39. The van der Waals surface area contributed by atoms with Crippen molar-refractivity contribution in [2.24, 2.45) is 11.8 Å². The van der Waals surface area contributed by atoms with Gasteiger partial charge in [-0.3, -0.25) is 0 Å². The molecule has 0 aliphatic heterocycles. The highest BCUT2D eigenvalue weighted by atomic mass is 35.5. The van der Waals surface area contributed by atoms with Gasteiger partial charge in [0, 0.05) is 12.6 Å². The molecule has 2 saturated carbocycles. The van der Waals surface area contributed by atoms with Gasteiger partial charge in [-0.25, -0.2) is 4.98 Å².